The Morgan fingerprint density at radius 3 is 2.82 bits per heavy atom. The number of amides is 1. The van der Waals surface area contributed by atoms with Crippen molar-refractivity contribution in [2.24, 2.45) is 5.92 Å². The number of ether oxygens (including phenoxy) is 2. The molecule has 0 bridgehead atoms. The molecule has 5 nitrogen and oxygen atoms in total. The fraction of sp³-hybridized carbons (Fsp3) is 0.529. The van der Waals surface area contributed by atoms with Gasteiger partial charge in [0.2, 0.25) is 5.91 Å². The first kappa shape index (κ1) is 16.3. The summed E-state index contributed by atoms with van der Waals surface area (Å²) >= 11 is 0. The number of para-hydroxylation sites is 1. The Bertz CT molecular complexity index is 529. The van der Waals surface area contributed by atoms with Crippen molar-refractivity contribution in [3.05, 3.63) is 29.8 Å². The number of benzene rings is 1. The van der Waals surface area contributed by atoms with Gasteiger partial charge in [0.25, 0.3) is 0 Å². The zero-order valence-electron chi connectivity index (χ0n) is 13.2. The van der Waals surface area contributed by atoms with Gasteiger partial charge >= 0.3 is 5.97 Å². The average Bonchev–Trinajstić information content (AvgIpc) is 2.55. The Kier molecular flexibility index (Phi) is 5.81. The maximum atomic E-state index is 12.5. The SMILES string of the molecule is CCOC(=O)C1CCCN(C(=O)Cc2ccccc2OC)C1. The van der Waals surface area contributed by atoms with E-state index in [1.807, 2.05) is 24.3 Å². The van der Waals surface area contributed by atoms with Crippen LogP contribution < -0.4 is 4.74 Å². The summed E-state index contributed by atoms with van der Waals surface area (Å²) in [6.07, 6.45) is 1.91. The van der Waals surface area contributed by atoms with Gasteiger partial charge in [-0.2, -0.15) is 0 Å². The minimum Gasteiger partial charge on any atom is -0.496 e. The molecule has 1 atom stereocenters. The van der Waals surface area contributed by atoms with Gasteiger partial charge in [0.1, 0.15) is 5.75 Å². The average molecular weight is 305 g/mol. The summed E-state index contributed by atoms with van der Waals surface area (Å²) in [6, 6.07) is 7.51. The molecule has 0 radical (unpaired) electrons. The second kappa shape index (κ2) is 7.82. The van der Waals surface area contributed by atoms with E-state index in [0.29, 0.717) is 26.1 Å². The first-order valence-corrected chi connectivity index (χ1v) is 7.72. The van der Waals surface area contributed by atoms with Crippen LogP contribution >= 0.6 is 0 Å². The summed E-state index contributed by atoms with van der Waals surface area (Å²) in [5.74, 6) is 0.348. The highest BCUT2D eigenvalue weighted by atomic mass is 16.5. The number of carbonyl (C=O) groups excluding carboxylic acids is 2. The third-order valence-corrected chi connectivity index (χ3v) is 3.93. The molecule has 2 rings (SSSR count). The lowest BCUT2D eigenvalue weighted by Gasteiger charge is -2.31. The molecule has 0 N–H and O–H groups in total. The zero-order valence-corrected chi connectivity index (χ0v) is 13.2. The van der Waals surface area contributed by atoms with Gasteiger partial charge in [0, 0.05) is 18.7 Å². The van der Waals surface area contributed by atoms with E-state index in [9.17, 15) is 9.59 Å². The molecule has 1 fully saturated rings. The molecule has 1 heterocycles. The van der Waals surface area contributed by atoms with Crippen LogP contribution in [0, 0.1) is 5.92 Å². The minimum absolute atomic E-state index is 0.0264. The van der Waals surface area contributed by atoms with Gasteiger partial charge in [0.15, 0.2) is 0 Å². The van der Waals surface area contributed by atoms with Gasteiger partial charge in [-0.25, -0.2) is 0 Å². The van der Waals surface area contributed by atoms with Gasteiger partial charge in [-0.05, 0) is 25.8 Å². The van der Waals surface area contributed by atoms with E-state index in [2.05, 4.69) is 0 Å². The van der Waals surface area contributed by atoms with Gasteiger partial charge in [-0.1, -0.05) is 18.2 Å². The Morgan fingerprint density at radius 1 is 1.32 bits per heavy atom. The first-order chi connectivity index (χ1) is 10.7. The van der Waals surface area contributed by atoms with Gasteiger partial charge in [-0.15, -0.1) is 0 Å². The molecule has 1 unspecified atom stereocenters. The third-order valence-electron chi connectivity index (χ3n) is 3.93. The molecule has 1 aromatic carbocycles. The predicted molar refractivity (Wildman–Crippen MR) is 82.6 cm³/mol. The maximum Gasteiger partial charge on any atom is 0.310 e. The van der Waals surface area contributed by atoms with Crippen LogP contribution in [0.15, 0.2) is 24.3 Å². The zero-order chi connectivity index (χ0) is 15.9. The smallest absolute Gasteiger partial charge is 0.310 e. The van der Waals surface area contributed by atoms with E-state index in [0.717, 1.165) is 24.2 Å². The van der Waals surface area contributed by atoms with Crippen molar-refractivity contribution in [2.75, 3.05) is 26.8 Å². The second-order valence-corrected chi connectivity index (χ2v) is 5.42. The molecule has 22 heavy (non-hydrogen) atoms. The summed E-state index contributed by atoms with van der Waals surface area (Å²) in [6.45, 7) is 3.33. The molecule has 1 saturated heterocycles. The number of hydrogen-bond acceptors (Lipinski definition) is 4. The standard InChI is InChI=1S/C17H23NO4/c1-3-22-17(20)14-8-6-10-18(12-14)16(19)11-13-7-4-5-9-15(13)21-2/h4-5,7,9,14H,3,6,8,10-12H2,1-2H3. The lowest BCUT2D eigenvalue weighted by Crippen LogP contribution is -2.43. The van der Waals surface area contributed by atoms with Crippen molar-refractivity contribution in [3.8, 4) is 5.75 Å². The molecule has 1 aromatic rings. The predicted octanol–water partition coefficient (Wildman–Crippen LogP) is 2.04. The number of carbonyl (C=O) groups is 2. The van der Waals surface area contributed by atoms with Gasteiger partial charge in [0.05, 0.1) is 26.1 Å². The highest BCUT2D eigenvalue weighted by Crippen LogP contribution is 2.22. The largest absolute Gasteiger partial charge is 0.496 e. The molecular formula is C17H23NO4. The van der Waals surface area contributed by atoms with Crippen LogP contribution in [0.3, 0.4) is 0 Å². The maximum absolute atomic E-state index is 12.5. The summed E-state index contributed by atoms with van der Waals surface area (Å²) in [4.78, 5) is 26.1. The van der Waals surface area contributed by atoms with Crippen molar-refractivity contribution < 1.29 is 19.1 Å². The molecule has 120 valence electrons. The van der Waals surface area contributed by atoms with E-state index in [1.54, 1.807) is 18.9 Å². The fourth-order valence-electron chi connectivity index (χ4n) is 2.78. The van der Waals surface area contributed by atoms with Crippen LogP contribution in [0.25, 0.3) is 0 Å². The Labute approximate surface area is 131 Å². The number of esters is 1. The number of methoxy groups -OCH3 is 1. The van der Waals surface area contributed by atoms with Crippen LogP contribution in [-0.4, -0.2) is 43.6 Å². The van der Waals surface area contributed by atoms with Crippen molar-refractivity contribution in [2.45, 2.75) is 26.2 Å². The molecule has 1 aliphatic rings. The van der Waals surface area contributed by atoms with Crippen molar-refractivity contribution in [3.63, 3.8) is 0 Å². The van der Waals surface area contributed by atoms with E-state index >= 15 is 0 Å². The topological polar surface area (TPSA) is 55.8 Å². The Hall–Kier alpha value is -2.04. The van der Waals surface area contributed by atoms with E-state index in [-0.39, 0.29) is 17.8 Å². The summed E-state index contributed by atoms with van der Waals surface area (Å²) in [5.41, 5.74) is 0.869. The molecule has 0 saturated carbocycles. The molecular weight excluding hydrogens is 282 g/mol. The molecule has 0 aliphatic carbocycles. The minimum atomic E-state index is -0.199. The molecule has 0 aromatic heterocycles. The normalized spacial score (nSPS) is 17.9. The molecule has 1 aliphatic heterocycles. The van der Waals surface area contributed by atoms with E-state index < -0.39 is 0 Å². The number of rotatable bonds is 5. The highest BCUT2D eigenvalue weighted by Gasteiger charge is 2.29. The third kappa shape index (κ3) is 4.00. The van der Waals surface area contributed by atoms with Crippen LogP contribution in [-0.2, 0) is 20.7 Å². The van der Waals surface area contributed by atoms with Crippen LogP contribution in [0.4, 0.5) is 0 Å². The van der Waals surface area contributed by atoms with E-state index in [1.165, 1.54) is 0 Å². The number of nitrogens with zero attached hydrogens (tertiary/aromatic N) is 1. The lowest BCUT2D eigenvalue weighted by atomic mass is 9.97. The number of piperidine rings is 1. The van der Waals surface area contributed by atoms with Crippen LogP contribution in [0.5, 0.6) is 5.75 Å². The second-order valence-electron chi connectivity index (χ2n) is 5.42. The monoisotopic (exact) mass is 305 g/mol. The van der Waals surface area contributed by atoms with Gasteiger partial charge < -0.3 is 14.4 Å². The van der Waals surface area contributed by atoms with Crippen molar-refractivity contribution >= 4 is 11.9 Å². The Morgan fingerprint density at radius 2 is 2.09 bits per heavy atom. The van der Waals surface area contributed by atoms with E-state index in [4.69, 9.17) is 9.47 Å². The fourth-order valence-corrected chi connectivity index (χ4v) is 2.78. The van der Waals surface area contributed by atoms with Crippen LogP contribution in [0.1, 0.15) is 25.3 Å². The first-order valence-electron chi connectivity index (χ1n) is 7.72. The Balaban J connectivity index is 1.98. The van der Waals surface area contributed by atoms with Crippen LogP contribution in [0.2, 0.25) is 0 Å². The lowest BCUT2D eigenvalue weighted by molar-refractivity contribution is -0.151. The summed E-state index contributed by atoms with van der Waals surface area (Å²) in [5, 5.41) is 0. The summed E-state index contributed by atoms with van der Waals surface area (Å²) < 4.78 is 10.3. The highest BCUT2D eigenvalue weighted by molar-refractivity contribution is 5.81. The number of hydrogen-bond donors (Lipinski definition) is 0. The van der Waals surface area contributed by atoms with Crippen molar-refractivity contribution in [1.29, 1.82) is 0 Å². The van der Waals surface area contributed by atoms with Crippen molar-refractivity contribution in [1.82, 2.24) is 4.90 Å². The summed E-state index contributed by atoms with van der Waals surface area (Å²) in [7, 11) is 1.60. The molecule has 0 spiro atoms. The molecule has 5 heteroatoms. The number of likely N-dealkylation sites (tertiary alicyclic amines) is 1. The quantitative estimate of drug-likeness (QED) is 0.781. The van der Waals surface area contributed by atoms with Gasteiger partial charge in [-0.3, -0.25) is 9.59 Å². The molecule has 1 amide bonds.